The van der Waals surface area contributed by atoms with E-state index in [9.17, 15) is 0 Å². The zero-order chi connectivity index (χ0) is 31.3. The Hall–Kier alpha value is -2.24. The Labute approximate surface area is 292 Å². The molecule has 0 N–H and O–H groups in total. The average Bonchev–Trinajstić information content (AvgIpc) is 3.53. The van der Waals surface area contributed by atoms with Crippen molar-refractivity contribution in [1.29, 1.82) is 0 Å². The second-order valence-electron chi connectivity index (χ2n) is 11.6. The van der Waals surface area contributed by atoms with Gasteiger partial charge in [-0.2, -0.15) is 0 Å². The Bertz CT molecular complexity index is 1260. The van der Waals surface area contributed by atoms with Crippen molar-refractivity contribution in [2.24, 2.45) is 11.8 Å². The molecule has 43 heavy (non-hydrogen) atoms. The molecule has 0 bridgehead atoms. The van der Waals surface area contributed by atoms with Gasteiger partial charge in [-0.1, -0.05) is 81.0 Å². The van der Waals surface area contributed by atoms with Crippen LogP contribution in [0, 0.1) is 11.8 Å². The Morgan fingerprint density at radius 1 is 0.860 bits per heavy atom. The number of rotatable bonds is 16. The molecule has 0 saturated carbocycles. The number of imidazole rings is 1. The van der Waals surface area contributed by atoms with Crippen LogP contribution in [0.15, 0.2) is 115 Å². The molecule has 4 heteroatoms. The second-order valence-corrected chi connectivity index (χ2v) is 12.5. The van der Waals surface area contributed by atoms with Crippen molar-refractivity contribution in [2.75, 3.05) is 0 Å². The van der Waals surface area contributed by atoms with Gasteiger partial charge in [0.05, 0.1) is 6.33 Å². The summed E-state index contributed by atoms with van der Waals surface area (Å²) in [6.45, 7) is 15.0. The van der Waals surface area contributed by atoms with E-state index in [-0.39, 0.29) is 0 Å². The fourth-order valence-corrected chi connectivity index (χ4v) is 5.39. The maximum atomic E-state index is 4.11. The van der Waals surface area contributed by atoms with Gasteiger partial charge in [0.25, 0.3) is 0 Å². The summed E-state index contributed by atoms with van der Waals surface area (Å²) in [5.74, 6) is 1.38. The van der Waals surface area contributed by atoms with E-state index in [2.05, 4.69) is 135 Å². The molecule has 0 amide bonds. The minimum atomic E-state index is 0.648. The molecule has 3 nitrogen and oxygen atoms in total. The van der Waals surface area contributed by atoms with Gasteiger partial charge in [-0.25, -0.2) is 4.98 Å². The third-order valence-electron chi connectivity index (χ3n) is 7.33. The van der Waals surface area contributed by atoms with Gasteiger partial charge in [0.15, 0.2) is 0 Å². The van der Waals surface area contributed by atoms with E-state index in [1.54, 1.807) is 0 Å². The molecule has 226 valence electrons. The normalized spacial score (nSPS) is 12.7. The summed E-state index contributed by atoms with van der Waals surface area (Å²) in [4.78, 5) is 6.39. The van der Waals surface area contributed by atoms with Crippen molar-refractivity contribution < 1.29 is 0 Å². The SMILES string of the molecule is C/C=C\C=C/C(=CC(C)C)CC.C/C=C\N([CH]=[Sr])Cc1ccc(CCC(C)CCc2ccc(Cn3ccnc3)cc2)cc1. The third-order valence-corrected chi connectivity index (χ3v) is 8.48. The number of aromatic nitrogens is 2. The van der Waals surface area contributed by atoms with Gasteiger partial charge in [-0.15, -0.1) is 0 Å². The first-order valence-electron chi connectivity index (χ1n) is 16.0. The Kier molecular flexibility index (Phi) is 19.2. The molecular formula is C39H53N3Sr. The summed E-state index contributed by atoms with van der Waals surface area (Å²) in [6, 6.07) is 18.3. The summed E-state index contributed by atoms with van der Waals surface area (Å²) in [7, 11) is 0. The number of benzene rings is 2. The van der Waals surface area contributed by atoms with Crippen molar-refractivity contribution >= 4 is 43.8 Å². The van der Waals surface area contributed by atoms with E-state index in [1.807, 2.05) is 31.7 Å². The van der Waals surface area contributed by atoms with Gasteiger partial charge in [0.1, 0.15) is 0 Å². The molecule has 3 aromatic rings. The summed E-state index contributed by atoms with van der Waals surface area (Å²) in [6.07, 6.45) is 26.6. The van der Waals surface area contributed by atoms with Crippen LogP contribution in [0.5, 0.6) is 0 Å². The minimum absolute atomic E-state index is 0.648. The second kappa shape index (κ2) is 22.3. The van der Waals surface area contributed by atoms with Gasteiger partial charge >= 0.3 is 148 Å². The molecule has 0 saturated heterocycles. The molecule has 0 aliphatic carbocycles. The molecule has 1 unspecified atom stereocenters. The first kappa shape index (κ1) is 36.9. The van der Waals surface area contributed by atoms with Crippen LogP contribution < -0.4 is 0 Å². The van der Waals surface area contributed by atoms with E-state index in [0.29, 0.717) is 5.92 Å². The van der Waals surface area contributed by atoms with Crippen molar-refractivity contribution in [1.82, 2.24) is 14.5 Å². The van der Waals surface area contributed by atoms with Crippen LogP contribution in [0.25, 0.3) is 0 Å². The van der Waals surface area contributed by atoms with Gasteiger partial charge in [0, 0.05) is 18.9 Å². The average molecular weight is 651 g/mol. The van der Waals surface area contributed by atoms with E-state index in [4.69, 9.17) is 0 Å². The number of hydrogen-bond donors (Lipinski definition) is 0. The molecule has 1 heterocycles. The molecule has 0 aliphatic heterocycles. The molecule has 0 aliphatic rings. The summed E-state index contributed by atoms with van der Waals surface area (Å²) in [5, 5.41) is 0. The summed E-state index contributed by atoms with van der Waals surface area (Å²) in [5.41, 5.74) is 7.01. The van der Waals surface area contributed by atoms with Gasteiger partial charge in [0.2, 0.25) is 0 Å². The standard InChI is InChI=1S/C27H33N3.C12H20.Sr/c1-4-18-29(3)20-26-13-9-24(10-14-26)7-5-23(2)6-8-25-11-15-27(16-12-25)21-30-19-17-28-22-30;1-5-7-8-9-12(6-2)10-11(3)4;/h3-4,9-19,22-23H,5-8,20-21H2,1-2H3;5,7-11H,6H2,1-4H3;/b18-4-;7-5-,9-8-,12-10?;. The first-order chi connectivity index (χ1) is 20.9. The Balaban J connectivity index is 0.000000455. The summed E-state index contributed by atoms with van der Waals surface area (Å²) < 4.78 is 4.39. The van der Waals surface area contributed by atoms with Gasteiger partial charge in [-0.05, 0) is 30.4 Å². The predicted octanol–water partition coefficient (Wildman–Crippen LogP) is 9.51. The molecule has 1 aromatic heterocycles. The van der Waals surface area contributed by atoms with Crippen LogP contribution in [-0.4, -0.2) is 58.2 Å². The van der Waals surface area contributed by atoms with Crippen molar-refractivity contribution in [2.45, 2.75) is 86.7 Å². The van der Waals surface area contributed by atoms with Crippen molar-refractivity contribution in [3.63, 3.8) is 0 Å². The quantitative estimate of drug-likeness (QED) is 0.114. The molecule has 0 fully saturated rings. The first-order valence-corrected chi connectivity index (χ1v) is 18.0. The zero-order valence-electron chi connectivity index (χ0n) is 27.6. The predicted molar refractivity (Wildman–Crippen MR) is 189 cm³/mol. The van der Waals surface area contributed by atoms with Gasteiger partial charge < -0.3 is 4.57 Å². The molecular weight excluding hydrogens is 598 g/mol. The topological polar surface area (TPSA) is 21.1 Å². The number of allylic oxidation sites excluding steroid dienone is 7. The number of aryl methyl sites for hydroxylation is 2. The van der Waals surface area contributed by atoms with E-state index >= 15 is 0 Å². The fraction of sp³-hybridized carbons (Fsp3) is 0.385. The van der Waals surface area contributed by atoms with Crippen LogP contribution in [0.3, 0.4) is 0 Å². The van der Waals surface area contributed by atoms with Crippen LogP contribution in [0.1, 0.15) is 83.1 Å². The number of nitrogens with zero attached hydrogens (tertiary/aromatic N) is 3. The van der Waals surface area contributed by atoms with E-state index < -0.39 is 0 Å². The van der Waals surface area contributed by atoms with Crippen LogP contribution in [0.4, 0.5) is 0 Å². The molecule has 1 atom stereocenters. The van der Waals surface area contributed by atoms with Crippen molar-refractivity contribution in [3.05, 3.63) is 138 Å². The number of hydrogen-bond acceptors (Lipinski definition) is 2. The molecule has 2 aromatic carbocycles. The van der Waals surface area contributed by atoms with Gasteiger partial charge in [-0.3, -0.25) is 0 Å². The zero-order valence-corrected chi connectivity index (χ0v) is 31.1. The molecule has 0 spiro atoms. The van der Waals surface area contributed by atoms with E-state index in [0.717, 1.165) is 81.0 Å². The maximum absolute atomic E-state index is 4.11. The molecule has 0 radical (unpaired) electrons. The molecule has 3 rings (SSSR count). The summed E-state index contributed by atoms with van der Waals surface area (Å²) >= 11 is 0.853. The van der Waals surface area contributed by atoms with Crippen LogP contribution >= 0.6 is 0 Å². The third kappa shape index (κ3) is 16.4. The van der Waals surface area contributed by atoms with E-state index in [1.165, 1.54) is 40.7 Å². The van der Waals surface area contributed by atoms with Crippen molar-refractivity contribution in [3.8, 4) is 0 Å². The van der Waals surface area contributed by atoms with Crippen LogP contribution in [0.2, 0.25) is 0 Å². The Morgan fingerprint density at radius 3 is 1.95 bits per heavy atom. The fourth-order valence-electron chi connectivity index (χ4n) is 4.77. The monoisotopic (exact) mass is 651 g/mol. The van der Waals surface area contributed by atoms with Crippen LogP contribution in [-0.2, 0) is 25.9 Å². The Morgan fingerprint density at radius 2 is 1.47 bits per heavy atom.